The normalized spacial score (nSPS) is 17.7. The van der Waals surface area contributed by atoms with Gasteiger partial charge in [0, 0.05) is 28.6 Å². The van der Waals surface area contributed by atoms with E-state index in [0.717, 1.165) is 48.4 Å². The molecule has 0 spiro atoms. The molecule has 1 aliphatic heterocycles. The fourth-order valence-electron chi connectivity index (χ4n) is 2.84. The summed E-state index contributed by atoms with van der Waals surface area (Å²) in [5.74, 6) is 1.34. The molecular formula is C16H15ClN2O2. The van der Waals surface area contributed by atoms with Gasteiger partial charge in [0.05, 0.1) is 6.54 Å². The van der Waals surface area contributed by atoms with E-state index in [2.05, 4.69) is 5.16 Å². The van der Waals surface area contributed by atoms with Crippen LogP contribution in [0.25, 0.3) is 11.3 Å². The maximum Gasteiger partial charge on any atom is 0.226 e. The van der Waals surface area contributed by atoms with Crippen LogP contribution in [0.5, 0.6) is 0 Å². The molecule has 4 nitrogen and oxygen atoms in total. The number of fused-ring (bicyclic) bond motifs is 1. The van der Waals surface area contributed by atoms with Crippen molar-refractivity contribution in [3.8, 4) is 11.3 Å². The Balaban J connectivity index is 1.60. The molecule has 0 bridgehead atoms. The predicted octanol–water partition coefficient (Wildman–Crippen LogP) is 3.29. The second kappa shape index (κ2) is 4.88. The number of hydrogen-bond acceptors (Lipinski definition) is 3. The standard InChI is InChI=1S/C16H15ClN2O2/c17-12-5-3-10(4-6-12)15-13-7-8-19(9-14(13)18-21-15)16(20)11-1-2-11/h3-6,11H,1-2,7-9H2. The van der Waals surface area contributed by atoms with Gasteiger partial charge in [0.1, 0.15) is 5.69 Å². The highest BCUT2D eigenvalue weighted by atomic mass is 35.5. The average Bonchev–Trinajstić information content (AvgIpc) is 3.27. The quantitative estimate of drug-likeness (QED) is 0.855. The zero-order chi connectivity index (χ0) is 14.4. The summed E-state index contributed by atoms with van der Waals surface area (Å²) in [6, 6.07) is 7.56. The van der Waals surface area contributed by atoms with Crippen LogP contribution in [0.4, 0.5) is 0 Å². The van der Waals surface area contributed by atoms with Crippen LogP contribution in [0.1, 0.15) is 24.1 Å². The third-order valence-corrected chi connectivity index (χ3v) is 4.44. The Bertz CT molecular complexity index is 689. The number of halogens is 1. The Morgan fingerprint density at radius 1 is 1.29 bits per heavy atom. The van der Waals surface area contributed by atoms with E-state index < -0.39 is 0 Å². The molecule has 0 saturated heterocycles. The lowest BCUT2D eigenvalue weighted by molar-refractivity contribution is -0.133. The molecule has 1 fully saturated rings. The van der Waals surface area contributed by atoms with E-state index in [4.69, 9.17) is 16.1 Å². The zero-order valence-electron chi connectivity index (χ0n) is 11.5. The van der Waals surface area contributed by atoms with Crippen LogP contribution in [0.15, 0.2) is 28.8 Å². The highest BCUT2D eigenvalue weighted by Crippen LogP contribution is 2.35. The molecule has 21 heavy (non-hydrogen) atoms. The number of carbonyl (C=O) groups is 1. The molecule has 2 aliphatic rings. The molecule has 0 atom stereocenters. The van der Waals surface area contributed by atoms with Gasteiger partial charge in [0.15, 0.2) is 5.76 Å². The second-order valence-electron chi connectivity index (χ2n) is 5.73. The van der Waals surface area contributed by atoms with Gasteiger partial charge in [-0.3, -0.25) is 4.79 Å². The first-order valence-electron chi connectivity index (χ1n) is 7.24. The fourth-order valence-corrected chi connectivity index (χ4v) is 2.96. The van der Waals surface area contributed by atoms with Gasteiger partial charge in [-0.2, -0.15) is 0 Å². The Labute approximate surface area is 127 Å². The van der Waals surface area contributed by atoms with Crippen molar-refractivity contribution in [2.45, 2.75) is 25.8 Å². The smallest absolute Gasteiger partial charge is 0.226 e. The van der Waals surface area contributed by atoms with E-state index >= 15 is 0 Å². The summed E-state index contributed by atoms with van der Waals surface area (Å²) in [6.07, 6.45) is 2.88. The molecule has 0 radical (unpaired) electrons. The Morgan fingerprint density at radius 2 is 2.05 bits per heavy atom. The molecule has 5 heteroatoms. The minimum Gasteiger partial charge on any atom is -0.356 e. The topological polar surface area (TPSA) is 46.3 Å². The number of hydrogen-bond donors (Lipinski definition) is 0. The van der Waals surface area contributed by atoms with Gasteiger partial charge < -0.3 is 9.42 Å². The SMILES string of the molecule is O=C(C1CC1)N1CCc2c(noc2-c2ccc(Cl)cc2)C1. The summed E-state index contributed by atoms with van der Waals surface area (Å²) in [6.45, 7) is 1.33. The van der Waals surface area contributed by atoms with Crippen molar-refractivity contribution in [3.63, 3.8) is 0 Å². The van der Waals surface area contributed by atoms with E-state index in [9.17, 15) is 4.79 Å². The summed E-state index contributed by atoms with van der Waals surface area (Å²) in [7, 11) is 0. The highest BCUT2D eigenvalue weighted by molar-refractivity contribution is 6.30. The molecule has 2 heterocycles. The van der Waals surface area contributed by atoms with Gasteiger partial charge in [-0.05, 0) is 43.5 Å². The van der Waals surface area contributed by atoms with Gasteiger partial charge in [-0.25, -0.2) is 0 Å². The lowest BCUT2D eigenvalue weighted by Gasteiger charge is -2.26. The van der Waals surface area contributed by atoms with Gasteiger partial charge in [0.2, 0.25) is 5.91 Å². The summed E-state index contributed by atoms with van der Waals surface area (Å²) in [4.78, 5) is 14.0. The predicted molar refractivity (Wildman–Crippen MR) is 78.8 cm³/mol. The molecule has 2 aromatic rings. The fraction of sp³-hybridized carbons (Fsp3) is 0.375. The van der Waals surface area contributed by atoms with E-state index in [1.165, 1.54) is 0 Å². The summed E-state index contributed by atoms with van der Waals surface area (Å²) >= 11 is 5.92. The first kappa shape index (κ1) is 12.9. The number of rotatable bonds is 2. The lowest BCUT2D eigenvalue weighted by atomic mass is 10.0. The van der Waals surface area contributed by atoms with Crippen molar-refractivity contribution in [1.29, 1.82) is 0 Å². The van der Waals surface area contributed by atoms with Crippen LogP contribution >= 0.6 is 11.6 Å². The van der Waals surface area contributed by atoms with Crippen LogP contribution in [-0.2, 0) is 17.8 Å². The number of aromatic nitrogens is 1. The van der Waals surface area contributed by atoms with E-state index in [0.29, 0.717) is 11.6 Å². The van der Waals surface area contributed by atoms with E-state index in [-0.39, 0.29) is 11.8 Å². The van der Waals surface area contributed by atoms with Crippen LogP contribution in [0.2, 0.25) is 5.02 Å². The molecule has 0 N–H and O–H groups in total. The highest BCUT2D eigenvalue weighted by Gasteiger charge is 2.36. The molecule has 108 valence electrons. The maximum atomic E-state index is 12.1. The molecular weight excluding hydrogens is 288 g/mol. The lowest BCUT2D eigenvalue weighted by Crippen LogP contribution is -2.36. The van der Waals surface area contributed by atoms with Gasteiger partial charge >= 0.3 is 0 Å². The first-order valence-corrected chi connectivity index (χ1v) is 7.62. The van der Waals surface area contributed by atoms with Crippen molar-refractivity contribution in [2.24, 2.45) is 5.92 Å². The van der Waals surface area contributed by atoms with Crippen molar-refractivity contribution < 1.29 is 9.32 Å². The number of nitrogens with zero attached hydrogens (tertiary/aromatic N) is 2. The van der Waals surface area contributed by atoms with E-state index in [1.807, 2.05) is 29.2 Å². The monoisotopic (exact) mass is 302 g/mol. The van der Waals surface area contributed by atoms with Crippen LogP contribution in [-0.4, -0.2) is 22.5 Å². The minimum atomic E-state index is 0.259. The van der Waals surface area contributed by atoms with Crippen LogP contribution in [0, 0.1) is 5.92 Å². The molecule has 1 aliphatic carbocycles. The van der Waals surface area contributed by atoms with Crippen molar-refractivity contribution in [3.05, 3.63) is 40.5 Å². The molecule has 1 saturated carbocycles. The van der Waals surface area contributed by atoms with Crippen LogP contribution < -0.4 is 0 Å². The van der Waals surface area contributed by atoms with Crippen molar-refractivity contribution >= 4 is 17.5 Å². The summed E-state index contributed by atoms with van der Waals surface area (Å²) in [5.41, 5.74) is 2.99. The zero-order valence-corrected chi connectivity index (χ0v) is 12.3. The molecule has 1 aromatic heterocycles. The van der Waals surface area contributed by atoms with Gasteiger partial charge in [-0.15, -0.1) is 0 Å². The van der Waals surface area contributed by atoms with Gasteiger partial charge in [-0.1, -0.05) is 16.8 Å². The third-order valence-electron chi connectivity index (χ3n) is 4.19. The Morgan fingerprint density at radius 3 is 2.76 bits per heavy atom. The van der Waals surface area contributed by atoms with Crippen molar-refractivity contribution in [2.75, 3.05) is 6.54 Å². The number of carbonyl (C=O) groups excluding carboxylic acids is 1. The number of amides is 1. The molecule has 1 aromatic carbocycles. The summed E-state index contributed by atoms with van der Waals surface area (Å²) in [5, 5.41) is 4.87. The van der Waals surface area contributed by atoms with Crippen LogP contribution in [0.3, 0.4) is 0 Å². The average molecular weight is 303 g/mol. The minimum absolute atomic E-state index is 0.259. The maximum absolute atomic E-state index is 12.1. The molecule has 0 unspecified atom stereocenters. The first-order chi connectivity index (χ1) is 10.2. The van der Waals surface area contributed by atoms with Gasteiger partial charge in [0.25, 0.3) is 0 Å². The Hall–Kier alpha value is -1.81. The van der Waals surface area contributed by atoms with E-state index in [1.54, 1.807) is 0 Å². The van der Waals surface area contributed by atoms with Crippen molar-refractivity contribution in [1.82, 2.24) is 10.1 Å². The third kappa shape index (κ3) is 2.33. The molecule has 4 rings (SSSR count). The Kier molecular flexibility index (Phi) is 3.00. The summed E-state index contributed by atoms with van der Waals surface area (Å²) < 4.78 is 5.52. The largest absolute Gasteiger partial charge is 0.356 e. The second-order valence-corrected chi connectivity index (χ2v) is 6.16. The molecule has 1 amide bonds. The number of benzene rings is 1.